The average molecular weight is 295 g/mol. The second-order valence-electron chi connectivity index (χ2n) is 6.21. The van der Waals surface area contributed by atoms with E-state index < -0.39 is 0 Å². The highest BCUT2D eigenvalue weighted by Crippen LogP contribution is 2.27. The summed E-state index contributed by atoms with van der Waals surface area (Å²) in [6.45, 7) is 2.95. The van der Waals surface area contributed by atoms with E-state index in [-0.39, 0.29) is 17.7 Å². The lowest BCUT2D eigenvalue weighted by Gasteiger charge is -2.29. The van der Waals surface area contributed by atoms with Crippen LogP contribution in [-0.2, 0) is 6.42 Å². The molecule has 1 aromatic carbocycles. The van der Waals surface area contributed by atoms with Gasteiger partial charge in [-0.05, 0) is 55.5 Å². The van der Waals surface area contributed by atoms with Crippen molar-refractivity contribution in [3.05, 3.63) is 35.4 Å². The van der Waals surface area contributed by atoms with Crippen molar-refractivity contribution in [2.24, 2.45) is 5.92 Å². The molecular formula is C18H27F2N. The number of likely N-dealkylation sites (N-methyl/N-ethyl adjacent to an activating group) is 1. The van der Waals surface area contributed by atoms with Crippen LogP contribution in [0.4, 0.5) is 8.78 Å². The van der Waals surface area contributed by atoms with Gasteiger partial charge in [0.25, 0.3) is 0 Å². The Kier molecular flexibility index (Phi) is 6.62. The molecule has 1 atom stereocenters. The minimum atomic E-state index is -0.348. The molecule has 1 aliphatic rings. The average Bonchev–Trinajstić information content (AvgIpc) is 2.42. The molecule has 1 N–H and O–H groups in total. The summed E-state index contributed by atoms with van der Waals surface area (Å²) in [5, 5.41) is 3.51. The lowest BCUT2D eigenvalue weighted by Crippen LogP contribution is -2.38. The van der Waals surface area contributed by atoms with Crippen LogP contribution in [0.25, 0.3) is 0 Å². The first-order valence-electron chi connectivity index (χ1n) is 8.38. The topological polar surface area (TPSA) is 12.0 Å². The zero-order valence-electron chi connectivity index (χ0n) is 13.0. The molecule has 21 heavy (non-hydrogen) atoms. The molecule has 0 heterocycles. The highest BCUT2D eigenvalue weighted by molar-refractivity contribution is 5.20. The van der Waals surface area contributed by atoms with E-state index in [1.165, 1.54) is 63.1 Å². The van der Waals surface area contributed by atoms with Crippen LogP contribution in [0.1, 0.15) is 57.4 Å². The van der Waals surface area contributed by atoms with Crippen molar-refractivity contribution in [2.75, 3.05) is 6.54 Å². The van der Waals surface area contributed by atoms with Crippen molar-refractivity contribution in [2.45, 2.75) is 64.3 Å². The predicted octanol–water partition coefficient (Wildman–Crippen LogP) is 4.85. The van der Waals surface area contributed by atoms with E-state index in [9.17, 15) is 8.78 Å². The maximum Gasteiger partial charge on any atom is 0.126 e. The summed E-state index contributed by atoms with van der Waals surface area (Å²) in [6, 6.07) is 4.04. The summed E-state index contributed by atoms with van der Waals surface area (Å²) in [7, 11) is 0. The molecule has 0 spiro atoms. The van der Waals surface area contributed by atoms with Crippen molar-refractivity contribution >= 4 is 0 Å². The van der Waals surface area contributed by atoms with Crippen LogP contribution in [0.3, 0.4) is 0 Å². The molecule has 0 aliphatic heterocycles. The molecule has 118 valence electrons. The second kappa shape index (κ2) is 8.47. The van der Waals surface area contributed by atoms with Gasteiger partial charge in [-0.1, -0.05) is 39.0 Å². The smallest absolute Gasteiger partial charge is 0.126 e. The third-order valence-electron chi connectivity index (χ3n) is 4.63. The van der Waals surface area contributed by atoms with E-state index in [4.69, 9.17) is 0 Å². The first-order chi connectivity index (χ1) is 10.2. The van der Waals surface area contributed by atoms with Crippen molar-refractivity contribution < 1.29 is 8.78 Å². The first-order valence-corrected chi connectivity index (χ1v) is 8.38. The highest BCUT2D eigenvalue weighted by atomic mass is 19.1. The Labute approximate surface area is 127 Å². The van der Waals surface area contributed by atoms with Crippen molar-refractivity contribution in [3.8, 4) is 0 Å². The van der Waals surface area contributed by atoms with Gasteiger partial charge in [0.1, 0.15) is 11.6 Å². The van der Waals surface area contributed by atoms with Crippen LogP contribution in [0.2, 0.25) is 0 Å². The standard InChI is InChI=1S/C18H27F2N/c1-2-21-18(14-8-6-4-3-5-7-9-14)13-15-12-16(19)10-11-17(15)20/h10-12,14,18,21H,2-9,13H2,1H3. The zero-order valence-corrected chi connectivity index (χ0v) is 13.0. The van der Waals surface area contributed by atoms with Crippen LogP contribution in [-0.4, -0.2) is 12.6 Å². The van der Waals surface area contributed by atoms with Crippen LogP contribution in [0, 0.1) is 17.6 Å². The first kappa shape index (κ1) is 16.4. The maximum atomic E-state index is 13.9. The molecule has 1 fully saturated rings. The van der Waals surface area contributed by atoms with Gasteiger partial charge in [0, 0.05) is 6.04 Å². The van der Waals surface area contributed by atoms with Crippen molar-refractivity contribution in [1.29, 1.82) is 0 Å². The number of hydrogen-bond acceptors (Lipinski definition) is 1. The van der Waals surface area contributed by atoms with E-state index in [1.807, 2.05) is 0 Å². The third kappa shape index (κ3) is 5.06. The Morgan fingerprint density at radius 2 is 1.76 bits per heavy atom. The van der Waals surface area contributed by atoms with Gasteiger partial charge < -0.3 is 5.32 Å². The Bertz CT molecular complexity index is 425. The Morgan fingerprint density at radius 1 is 1.10 bits per heavy atom. The van der Waals surface area contributed by atoms with Crippen molar-refractivity contribution in [3.63, 3.8) is 0 Å². The van der Waals surface area contributed by atoms with Crippen LogP contribution in [0.15, 0.2) is 18.2 Å². The van der Waals surface area contributed by atoms with Crippen LogP contribution in [0.5, 0.6) is 0 Å². The molecule has 0 saturated heterocycles. The van der Waals surface area contributed by atoms with E-state index in [2.05, 4.69) is 12.2 Å². The van der Waals surface area contributed by atoms with E-state index >= 15 is 0 Å². The summed E-state index contributed by atoms with van der Waals surface area (Å²) < 4.78 is 27.2. The number of halogens is 2. The van der Waals surface area contributed by atoms with Crippen LogP contribution >= 0.6 is 0 Å². The van der Waals surface area contributed by atoms with Crippen LogP contribution < -0.4 is 5.32 Å². The number of benzene rings is 1. The molecule has 2 rings (SSSR count). The fourth-order valence-electron chi connectivity index (χ4n) is 3.49. The summed E-state index contributed by atoms with van der Waals surface area (Å²) in [4.78, 5) is 0. The molecule has 1 unspecified atom stereocenters. The molecule has 1 aliphatic carbocycles. The molecular weight excluding hydrogens is 268 g/mol. The molecule has 1 nitrogen and oxygen atoms in total. The van der Waals surface area contributed by atoms with Gasteiger partial charge in [-0.15, -0.1) is 0 Å². The van der Waals surface area contributed by atoms with Crippen molar-refractivity contribution in [1.82, 2.24) is 5.32 Å². The summed E-state index contributed by atoms with van der Waals surface area (Å²) in [5.74, 6) is -0.0580. The van der Waals surface area contributed by atoms with E-state index in [0.29, 0.717) is 17.9 Å². The molecule has 1 saturated carbocycles. The summed E-state index contributed by atoms with van der Waals surface area (Å²) in [5.41, 5.74) is 0.503. The second-order valence-corrected chi connectivity index (χ2v) is 6.21. The molecule has 0 aromatic heterocycles. The number of rotatable bonds is 5. The molecule has 0 amide bonds. The van der Waals surface area contributed by atoms with Gasteiger partial charge >= 0.3 is 0 Å². The van der Waals surface area contributed by atoms with Gasteiger partial charge in [-0.25, -0.2) is 8.78 Å². The highest BCUT2D eigenvalue weighted by Gasteiger charge is 2.23. The van der Waals surface area contributed by atoms with Gasteiger partial charge in [0.2, 0.25) is 0 Å². The third-order valence-corrected chi connectivity index (χ3v) is 4.63. The summed E-state index contributed by atoms with van der Waals surface area (Å²) in [6.07, 6.45) is 9.48. The maximum absolute atomic E-state index is 13.9. The Morgan fingerprint density at radius 3 is 2.43 bits per heavy atom. The molecule has 0 bridgehead atoms. The Balaban J connectivity index is 2.07. The lowest BCUT2D eigenvalue weighted by molar-refractivity contribution is 0.284. The summed E-state index contributed by atoms with van der Waals surface area (Å²) >= 11 is 0. The fourth-order valence-corrected chi connectivity index (χ4v) is 3.49. The lowest BCUT2D eigenvalue weighted by atomic mass is 9.83. The monoisotopic (exact) mass is 295 g/mol. The normalized spacial score (nSPS) is 19.0. The number of hydrogen-bond donors (Lipinski definition) is 1. The van der Waals surface area contributed by atoms with Gasteiger partial charge in [-0.3, -0.25) is 0 Å². The largest absolute Gasteiger partial charge is 0.314 e. The minimum absolute atomic E-state index is 0.254. The van der Waals surface area contributed by atoms with E-state index in [1.54, 1.807) is 0 Å². The molecule has 3 heteroatoms. The number of nitrogens with one attached hydrogen (secondary N) is 1. The molecule has 1 aromatic rings. The predicted molar refractivity (Wildman–Crippen MR) is 83.3 cm³/mol. The zero-order chi connectivity index (χ0) is 15.1. The van der Waals surface area contributed by atoms with E-state index in [0.717, 1.165) is 6.54 Å². The SMILES string of the molecule is CCNC(Cc1cc(F)ccc1F)C1CCCCCCC1. The Hall–Kier alpha value is -0.960. The van der Waals surface area contributed by atoms with Gasteiger partial charge in [0.05, 0.1) is 0 Å². The minimum Gasteiger partial charge on any atom is -0.314 e. The quantitative estimate of drug-likeness (QED) is 0.819. The fraction of sp³-hybridized carbons (Fsp3) is 0.667. The molecule has 0 radical (unpaired) electrons. The van der Waals surface area contributed by atoms with Gasteiger partial charge in [0.15, 0.2) is 0 Å². The van der Waals surface area contributed by atoms with Gasteiger partial charge in [-0.2, -0.15) is 0 Å².